The van der Waals surface area contributed by atoms with Crippen LogP contribution >= 0.6 is 11.6 Å². The van der Waals surface area contributed by atoms with E-state index in [1.165, 1.54) is 6.33 Å². The molecule has 2 rings (SSSR count). The summed E-state index contributed by atoms with van der Waals surface area (Å²) < 4.78 is 5.57. The molecule has 1 N–H and O–H groups in total. The Labute approximate surface area is 117 Å². The van der Waals surface area contributed by atoms with E-state index in [0.717, 1.165) is 29.2 Å². The summed E-state index contributed by atoms with van der Waals surface area (Å²) in [6.07, 6.45) is 2.21. The first-order chi connectivity index (χ1) is 9.26. The zero-order chi connectivity index (χ0) is 13.7. The highest BCUT2D eigenvalue weighted by molar-refractivity contribution is 6.30. The zero-order valence-corrected chi connectivity index (χ0v) is 11.7. The van der Waals surface area contributed by atoms with Crippen LogP contribution in [0.15, 0.2) is 30.6 Å². The Bertz CT molecular complexity index is 560. The Kier molecular flexibility index (Phi) is 4.58. The van der Waals surface area contributed by atoms with Gasteiger partial charge in [-0.25, -0.2) is 9.97 Å². The monoisotopic (exact) mass is 277 g/mol. The van der Waals surface area contributed by atoms with Crippen LogP contribution in [0, 0.1) is 0 Å². The first-order valence-electron chi connectivity index (χ1n) is 6.24. The Morgan fingerprint density at radius 1 is 1.21 bits per heavy atom. The van der Waals surface area contributed by atoms with Crippen molar-refractivity contribution in [3.05, 3.63) is 41.3 Å². The fourth-order valence-corrected chi connectivity index (χ4v) is 2.06. The van der Waals surface area contributed by atoms with Crippen LogP contribution in [0.3, 0.4) is 0 Å². The molecule has 0 saturated heterocycles. The molecule has 0 unspecified atom stereocenters. The van der Waals surface area contributed by atoms with Gasteiger partial charge in [-0.1, -0.05) is 30.7 Å². The molecule has 0 radical (unpaired) electrons. The van der Waals surface area contributed by atoms with Crippen molar-refractivity contribution in [2.75, 3.05) is 11.9 Å². The second-order valence-electron chi connectivity index (χ2n) is 3.90. The molecule has 0 spiro atoms. The summed E-state index contributed by atoms with van der Waals surface area (Å²) in [5.41, 5.74) is 1.77. The lowest BCUT2D eigenvalue weighted by Crippen LogP contribution is -2.02. The van der Waals surface area contributed by atoms with Crippen molar-refractivity contribution in [3.8, 4) is 5.75 Å². The topological polar surface area (TPSA) is 47.0 Å². The van der Waals surface area contributed by atoms with Crippen LogP contribution in [0.25, 0.3) is 0 Å². The molecule has 0 saturated carbocycles. The maximum atomic E-state index is 6.07. The number of rotatable bonds is 5. The largest absolute Gasteiger partial charge is 0.492 e. The van der Waals surface area contributed by atoms with Gasteiger partial charge < -0.3 is 10.1 Å². The lowest BCUT2D eigenvalue weighted by Gasteiger charge is -2.14. The van der Waals surface area contributed by atoms with Crippen molar-refractivity contribution in [2.24, 2.45) is 0 Å². The van der Waals surface area contributed by atoms with E-state index < -0.39 is 0 Å². The normalized spacial score (nSPS) is 10.3. The van der Waals surface area contributed by atoms with Crippen molar-refractivity contribution in [3.63, 3.8) is 0 Å². The summed E-state index contributed by atoms with van der Waals surface area (Å²) in [5.74, 6) is 1.51. The van der Waals surface area contributed by atoms with Crippen LogP contribution < -0.4 is 10.1 Å². The van der Waals surface area contributed by atoms with Crippen molar-refractivity contribution in [1.82, 2.24) is 9.97 Å². The highest BCUT2D eigenvalue weighted by Gasteiger charge is 2.10. The van der Waals surface area contributed by atoms with Crippen LogP contribution in [0.5, 0.6) is 5.75 Å². The summed E-state index contributed by atoms with van der Waals surface area (Å²) in [5, 5.41) is 3.74. The predicted octanol–water partition coefficient (Wildman–Crippen LogP) is 3.83. The highest BCUT2D eigenvalue weighted by Crippen LogP contribution is 2.29. The Hall–Kier alpha value is -1.81. The zero-order valence-electron chi connectivity index (χ0n) is 11.0. The number of benzene rings is 1. The average molecular weight is 278 g/mol. The van der Waals surface area contributed by atoms with E-state index in [-0.39, 0.29) is 0 Å². The molecule has 0 aliphatic carbocycles. The number of halogens is 1. The third-order valence-corrected chi connectivity index (χ3v) is 3.01. The van der Waals surface area contributed by atoms with Crippen molar-refractivity contribution in [2.45, 2.75) is 20.3 Å². The second-order valence-corrected chi connectivity index (χ2v) is 4.26. The first kappa shape index (κ1) is 13.6. The number of aromatic nitrogens is 2. The van der Waals surface area contributed by atoms with Gasteiger partial charge in [-0.2, -0.15) is 0 Å². The van der Waals surface area contributed by atoms with E-state index in [1.807, 2.05) is 38.1 Å². The minimum atomic E-state index is 0.480. The Morgan fingerprint density at radius 2 is 2.00 bits per heavy atom. The van der Waals surface area contributed by atoms with Crippen molar-refractivity contribution in [1.29, 1.82) is 0 Å². The molecule has 0 atom stereocenters. The molecule has 0 aliphatic rings. The number of nitrogens with zero attached hydrogens (tertiary/aromatic N) is 2. The van der Waals surface area contributed by atoms with Gasteiger partial charge in [0.25, 0.3) is 0 Å². The lowest BCUT2D eigenvalue weighted by molar-refractivity contribution is 0.342. The molecule has 0 aliphatic heterocycles. The standard InChI is InChI=1S/C14H16ClN3O/c1-3-10-13(15)16-9-17-14(10)18-11-7-5-6-8-12(11)19-4-2/h5-9H,3-4H2,1-2H3,(H,16,17,18). The van der Waals surface area contributed by atoms with Crippen LogP contribution in [0.2, 0.25) is 5.15 Å². The van der Waals surface area contributed by atoms with Crippen LogP contribution in [0.1, 0.15) is 19.4 Å². The molecule has 1 aromatic carbocycles. The minimum Gasteiger partial charge on any atom is -0.492 e. The summed E-state index contributed by atoms with van der Waals surface area (Å²) in [7, 11) is 0. The molecule has 5 heteroatoms. The van der Waals surface area contributed by atoms with E-state index in [9.17, 15) is 0 Å². The minimum absolute atomic E-state index is 0.480. The SMILES string of the molecule is CCOc1ccccc1Nc1ncnc(Cl)c1CC. The first-order valence-corrected chi connectivity index (χ1v) is 6.62. The van der Waals surface area contributed by atoms with E-state index in [4.69, 9.17) is 16.3 Å². The Balaban J connectivity index is 2.33. The van der Waals surface area contributed by atoms with Gasteiger partial charge in [0, 0.05) is 5.56 Å². The smallest absolute Gasteiger partial charge is 0.142 e. The fraction of sp³-hybridized carbons (Fsp3) is 0.286. The number of ether oxygens (including phenoxy) is 1. The third kappa shape index (κ3) is 3.15. The Morgan fingerprint density at radius 3 is 2.74 bits per heavy atom. The maximum Gasteiger partial charge on any atom is 0.142 e. The van der Waals surface area contributed by atoms with Gasteiger partial charge in [-0.05, 0) is 25.5 Å². The third-order valence-electron chi connectivity index (χ3n) is 2.69. The maximum absolute atomic E-state index is 6.07. The van der Waals surface area contributed by atoms with Gasteiger partial charge >= 0.3 is 0 Å². The molecule has 0 amide bonds. The van der Waals surface area contributed by atoms with Crippen LogP contribution in [0.4, 0.5) is 11.5 Å². The van der Waals surface area contributed by atoms with Crippen LogP contribution in [-0.4, -0.2) is 16.6 Å². The van der Waals surface area contributed by atoms with Gasteiger partial charge in [0.1, 0.15) is 23.0 Å². The molecule has 0 bridgehead atoms. The second kappa shape index (κ2) is 6.38. The molecule has 1 aromatic heterocycles. The molecule has 1 heterocycles. The fourth-order valence-electron chi connectivity index (χ4n) is 1.79. The molecule has 100 valence electrons. The van der Waals surface area contributed by atoms with Gasteiger partial charge in [0.2, 0.25) is 0 Å². The molecular weight excluding hydrogens is 262 g/mol. The average Bonchev–Trinajstić information content (AvgIpc) is 2.41. The van der Waals surface area contributed by atoms with Crippen molar-refractivity contribution >= 4 is 23.1 Å². The number of hydrogen-bond acceptors (Lipinski definition) is 4. The van der Waals surface area contributed by atoms with Gasteiger partial charge in [0.15, 0.2) is 0 Å². The quantitative estimate of drug-likeness (QED) is 0.844. The summed E-state index contributed by atoms with van der Waals surface area (Å²) in [6.45, 7) is 4.59. The number of nitrogens with one attached hydrogen (secondary N) is 1. The summed E-state index contributed by atoms with van der Waals surface area (Å²) in [6, 6.07) is 7.74. The lowest BCUT2D eigenvalue weighted by atomic mass is 10.2. The number of para-hydroxylation sites is 2. The van der Waals surface area contributed by atoms with E-state index in [0.29, 0.717) is 11.8 Å². The molecule has 2 aromatic rings. The summed E-state index contributed by atoms with van der Waals surface area (Å²) in [4.78, 5) is 8.24. The van der Waals surface area contributed by atoms with Gasteiger partial charge in [0.05, 0.1) is 12.3 Å². The van der Waals surface area contributed by atoms with Crippen LogP contribution in [-0.2, 0) is 6.42 Å². The number of anilines is 2. The van der Waals surface area contributed by atoms with E-state index in [2.05, 4.69) is 15.3 Å². The van der Waals surface area contributed by atoms with E-state index >= 15 is 0 Å². The molecule has 0 fully saturated rings. The highest BCUT2D eigenvalue weighted by atomic mass is 35.5. The molecule has 19 heavy (non-hydrogen) atoms. The predicted molar refractivity (Wildman–Crippen MR) is 77.3 cm³/mol. The van der Waals surface area contributed by atoms with Gasteiger partial charge in [-0.15, -0.1) is 0 Å². The molecule has 4 nitrogen and oxygen atoms in total. The summed E-state index contributed by atoms with van der Waals surface area (Å²) >= 11 is 6.07. The van der Waals surface area contributed by atoms with Crippen molar-refractivity contribution < 1.29 is 4.74 Å². The number of hydrogen-bond donors (Lipinski definition) is 1. The van der Waals surface area contributed by atoms with E-state index in [1.54, 1.807) is 0 Å². The molecular formula is C14H16ClN3O. The van der Waals surface area contributed by atoms with Gasteiger partial charge in [-0.3, -0.25) is 0 Å².